The van der Waals surface area contributed by atoms with Gasteiger partial charge in [0, 0.05) is 12.2 Å². The van der Waals surface area contributed by atoms with Crippen LogP contribution < -0.4 is 9.88 Å². The summed E-state index contributed by atoms with van der Waals surface area (Å²) in [6.45, 7) is 2.04. The second-order valence-corrected chi connectivity index (χ2v) is 7.63. The lowest BCUT2D eigenvalue weighted by molar-refractivity contribution is -0.627. The summed E-state index contributed by atoms with van der Waals surface area (Å²) in [6.07, 6.45) is 0. The number of hydrogen-bond acceptors (Lipinski definition) is 5. The van der Waals surface area contributed by atoms with Crippen LogP contribution in [0.25, 0.3) is 10.2 Å². The highest BCUT2D eigenvalue weighted by atomic mass is 32.1. The van der Waals surface area contributed by atoms with E-state index in [4.69, 9.17) is 4.74 Å². The van der Waals surface area contributed by atoms with Gasteiger partial charge in [0.2, 0.25) is 0 Å². The average molecular weight is 404 g/mol. The molecule has 0 bridgehead atoms. The standard InChI is InChI=1S/C23H22N4OS/c1-27-21-9-5-6-10-22(21)29-23(27)26-25-20-13-11-19(12-14-20)24-15-16-28-17-18-7-3-2-4-8-18/h2-14H,15-17H2,1H3/p+1. The molecule has 29 heavy (non-hydrogen) atoms. The van der Waals surface area contributed by atoms with Crippen molar-refractivity contribution in [2.75, 3.05) is 18.5 Å². The summed E-state index contributed by atoms with van der Waals surface area (Å²) in [5.74, 6) is 0. The van der Waals surface area contributed by atoms with Crippen molar-refractivity contribution in [2.45, 2.75) is 6.61 Å². The molecule has 0 aliphatic rings. The van der Waals surface area contributed by atoms with Crippen LogP contribution in [-0.4, -0.2) is 13.2 Å². The summed E-state index contributed by atoms with van der Waals surface area (Å²) in [6, 6.07) is 26.4. The lowest BCUT2D eigenvalue weighted by atomic mass is 10.2. The van der Waals surface area contributed by atoms with Gasteiger partial charge in [0.25, 0.3) is 0 Å². The first-order valence-corrected chi connectivity index (χ1v) is 10.4. The second-order valence-electron chi connectivity index (χ2n) is 6.62. The summed E-state index contributed by atoms with van der Waals surface area (Å²) in [5.41, 5.74) is 4.22. The Morgan fingerprint density at radius 3 is 2.45 bits per heavy atom. The van der Waals surface area contributed by atoms with Gasteiger partial charge < -0.3 is 10.1 Å². The first-order valence-electron chi connectivity index (χ1n) is 9.54. The molecule has 146 valence electrons. The van der Waals surface area contributed by atoms with Gasteiger partial charge in [-0.3, -0.25) is 0 Å². The fourth-order valence-electron chi connectivity index (χ4n) is 2.96. The number of azo groups is 1. The maximum absolute atomic E-state index is 5.69. The largest absolute Gasteiger partial charge is 0.409 e. The maximum Gasteiger partial charge on any atom is 0.409 e. The molecule has 1 aromatic heterocycles. The van der Waals surface area contributed by atoms with Gasteiger partial charge in [0.15, 0.2) is 0 Å². The molecule has 1 heterocycles. The Hall–Kier alpha value is -3.09. The molecule has 0 unspecified atom stereocenters. The molecule has 0 aliphatic heterocycles. The first-order chi connectivity index (χ1) is 14.3. The van der Waals surface area contributed by atoms with Crippen LogP contribution in [0.2, 0.25) is 0 Å². The van der Waals surface area contributed by atoms with E-state index in [-0.39, 0.29) is 0 Å². The number of hydrogen-bond donors (Lipinski definition) is 1. The maximum atomic E-state index is 5.69. The number of para-hydroxylation sites is 1. The van der Waals surface area contributed by atoms with Gasteiger partial charge in [-0.05, 0) is 58.4 Å². The highest BCUT2D eigenvalue weighted by Crippen LogP contribution is 2.27. The molecule has 0 saturated heterocycles. The summed E-state index contributed by atoms with van der Waals surface area (Å²) >= 11 is 1.64. The number of aromatic nitrogens is 1. The fraction of sp³-hybridized carbons (Fsp3) is 0.174. The molecule has 0 aliphatic carbocycles. The van der Waals surface area contributed by atoms with Crippen molar-refractivity contribution >= 4 is 38.1 Å². The third-order valence-electron chi connectivity index (χ3n) is 4.52. The van der Waals surface area contributed by atoms with E-state index in [1.807, 2.05) is 61.6 Å². The lowest BCUT2D eigenvalue weighted by Crippen LogP contribution is -2.25. The monoisotopic (exact) mass is 403 g/mol. The SMILES string of the molecule is C[n+]1c(/N=N/c2ccc(NCCOCc3ccccc3)cc2)sc2ccccc21. The summed E-state index contributed by atoms with van der Waals surface area (Å²) in [7, 11) is 2.01. The molecule has 0 saturated carbocycles. The molecular formula is C23H23N4OS+. The lowest BCUT2D eigenvalue weighted by Gasteiger charge is -2.07. The molecule has 0 amide bonds. The Morgan fingerprint density at radius 1 is 0.897 bits per heavy atom. The van der Waals surface area contributed by atoms with Crippen LogP contribution in [0.4, 0.5) is 16.5 Å². The van der Waals surface area contributed by atoms with E-state index < -0.39 is 0 Å². The number of anilines is 1. The van der Waals surface area contributed by atoms with Crippen molar-refractivity contribution in [3.8, 4) is 0 Å². The number of thiazole rings is 1. The Balaban J connectivity index is 1.27. The first kappa shape index (κ1) is 19.2. The fourth-order valence-corrected chi connectivity index (χ4v) is 3.93. The van der Waals surface area contributed by atoms with Gasteiger partial charge in [-0.25, -0.2) is 4.57 Å². The number of nitrogens with one attached hydrogen (secondary N) is 1. The molecule has 0 atom stereocenters. The third kappa shape index (κ3) is 5.04. The minimum Gasteiger partial charge on any atom is -0.383 e. The van der Waals surface area contributed by atoms with Crippen LogP contribution in [0.5, 0.6) is 0 Å². The van der Waals surface area contributed by atoms with Crippen LogP contribution in [0.1, 0.15) is 5.56 Å². The van der Waals surface area contributed by atoms with Crippen molar-refractivity contribution in [1.82, 2.24) is 0 Å². The van der Waals surface area contributed by atoms with E-state index in [0.29, 0.717) is 13.2 Å². The van der Waals surface area contributed by atoms with E-state index in [0.717, 1.165) is 23.1 Å². The normalized spacial score (nSPS) is 11.3. The van der Waals surface area contributed by atoms with E-state index in [1.165, 1.54) is 15.8 Å². The van der Waals surface area contributed by atoms with Crippen molar-refractivity contribution in [1.29, 1.82) is 0 Å². The Labute approximate surface area is 174 Å². The number of ether oxygens (including phenoxy) is 1. The second kappa shape index (κ2) is 9.41. The van der Waals surface area contributed by atoms with Gasteiger partial charge in [0.05, 0.1) is 30.1 Å². The smallest absolute Gasteiger partial charge is 0.383 e. The number of aryl methyl sites for hydroxylation is 1. The highest BCUT2D eigenvalue weighted by molar-refractivity contribution is 7.21. The van der Waals surface area contributed by atoms with Gasteiger partial charge >= 0.3 is 5.13 Å². The Bertz CT molecular complexity index is 1090. The molecule has 5 nitrogen and oxygen atoms in total. The van der Waals surface area contributed by atoms with Crippen LogP contribution in [0, 0.1) is 0 Å². The average Bonchev–Trinajstić information content (AvgIpc) is 3.09. The molecule has 0 fully saturated rings. The molecule has 6 heteroatoms. The van der Waals surface area contributed by atoms with Crippen LogP contribution >= 0.6 is 11.3 Å². The molecule has 0 spiro atoms. The molecule has 1 N–H and O–H groups in total. The number of fused-ring (bicyclic) bond motifs is 1. The predicted octanol–water partition coefficient (Wildman–Crippen LogP) is 5.77. The van der Waals surface area contributed by atoms with Crippen LogP contribution in [-0.2, 0) is 18.4 Å². The molecule has 0 radical (unpaired) electrons. The van der Waals surface area contributed by atoms with Gasteiger partial charge in [0.1, 0.15) is 11.2 Å². The summed E-state index contributed by atoms with van der Waals surface area (Å²) < 4.78 is 8.96. The van der Waals surface area contributed by atoms with E-state index >= 15 is 0 Å². The number of rotatable bonds is 8. The van der Waals surface area contributed by atoms with Crippen molar-refractivity contribution in [3.63, 3.8) is 0 Å². The number of nitrogens with zero attached hydrogens (tertiary/aromatic N) is 3. The minimum absolute atomic E-state index is 0.636. The quantitative estimate of drug-likeness (QED) is 0.231. The van der Waals surface area contributed by atoms with Gasteiger partial charge in [-0.15, -0.1) is 0 Å². The van der Waals surface area contributed by atoms with Crippen LogP contribution in [0.15, 0.2) is 89.1 Å². The minimum atomic E-state index is 0.636. The summed E-state index contributed by atoms with van der Waals surface area (Å²) in [4.78, 5) is 0. The highest BCUT2D eigenvalue weighted by Gasteiger charge is 2.15. The van der Waals surface area contributed by atoms with Crippen molar-refractivity contribution < 1.29 is 9.30 Å². The van der Waals surface area contributed by atoms with Crippen molar-refractivity contribution in [3.05, 3.63) is 84.4 Å². The molecule has 3 aromatic carbocycles. The zero-order valence-corrected chi connectivity index (χ0v) is 17.1. The zero-order chi connectivity index (χ0) is 19.9. The van der Waals surface area contributed by atoms with Gasteiger partial charge in [-0.2, -0.15) is 0 Å². The third-order valence-corrected chi connectivity index (χ3v) is 5.62. The topological polar surface area (TPSA) is 49.9 Å². The van der Waals surface area contributed by atoms with Crippen LogP contribution in [0.3, 0.4) is 0 Å². The predicted molar refractivity (Wildman–Crippen MR) is 118 cm³/mol. The Kier molecular flexibility index (Phi) is 6.24. The Morgan fingerprint density at radius 2 is 1.66 bits per heavy atom. The zero-order valence-electron chi connectivity index (χ0n) is 16.3. The number of benzene rings is 3. The van der Waals surface area contributed by atoms with E-state index in [2.05, 4.69) is 44.4 Å². The molecular weight excluding hydrogens is 380 g/mol. The molecule has 4 rings (SSSR count). The molecule has 4 aromatic rings. The van der Waals surface area contributed by atoms with Crippen molar-refractivity contribution in [2.24, 2.45) is 17.3 Å². The van der Waals surface area contributed by atoms with Gasteiger partial charge in [-0.1, -0.05) is 42.5 Å². The van der Waals surface area contributed by atoms with E-state index in [1.54, 1.807) is 11.3 Å². The summed E-state index contributed by atoms with van der Waals surface area (Å²) in [5, 5.41) is 13.0. The van der Waals surface area contributed by atoms with E-state index in [9.17, 15) is 0 Å².